The molecule has 0 spiro atoms. The van der Waals surface area contributed by atoms with Crippen molar-refractivity contribution in [3.63, 3.8) is 0 Å². The fraction of sp³-hybridized carbons (Fsp3) is 0.750. The molecule has 0 amide bonds. The van der Waals surface area contributed by atoms with Gasteiger partial charge in [-0.2, -0.15) is 15.0 Å². The van der Waals surface area contributed by atoms with Crippen LogP contribution in [0.25, 0.3) is 0 Å². The molecule has 1 saturated carbocycles. The van der Waals surface area contributed by atoms with E-state index in [0.29, 0.717) is 37.1 Å². The van der Waals surface area contributed by atoms with Crippen LogP contribution in [-0.4, -0.2) is 52.9 Å². The van der Waals surface area contributed by atoms with E-state index in [1.165, 1.54) is 0 Å². The molecule has 0 unspecified atom stereocenters. The summed E-state index contributed by atoms with van der Waals surface area (Å²) >= 11 is 0. The van der Waals surface area contributed by atoms with Crippen molar-refractivity contribution in [2.75, 3.05) is 37.0 Å². The SMILES string of the molecule is CCCOc1nc(NC)nc(N(CCO)C2CC2)n1. The molecule has 0 atom stereocenters. The average Bonchev–Trinajstić information content (AvgIpc) is 3.26. The van der Waals surface area contributed by atoms with E-state index in [9.17, 15) is 0 Å². The van der Waals surface area contributed by atoms with Crippen molar-refractivity contribution in [1.82, 2.24) is 15.0 Å². The van der Waals surface area contributed by atoms with Gasteiger partial charge in [-0.3, -0.25) is 0 Å². The number of nitrogens with one attached hydrogen (secondary N) is 1. The summed E-state index contributed by atoms with van der Waals surface area (Å²) in [5.74, 6) is 1.06. The molecule has 0 bridgehead atoms. The molecule has 0 aliphatic heterocycles. The van der Waals surface area contributed by atoms with Crippen LogP contribution >= 0.6 is 0 Å². The Balaban J connectivity index is 2.21. The summed E-state index contributed by atoms with van der Waals surface area (Å²) in [5.41, 5.74) is 0. The Morgan fingerprint density at radius 1 is 1.37 bits per heavy atom. The fourth-order valence-electron chi connectivity index (χ4n) is 1.78. The number of nitrogens with zero attached hydrogens (tertiary/aromatic N) is 4. The molecule has 2 N–H and O–H groups in total. The van der Waals surface area contributed by atoms with Gasteiger partial charge < -0.3 is 20.1 Å². The van der Waals surface area contributed by atoms with Crippen LogP contribution in [0.2, 0.25) is 0 Å². The van der Waals surface area contributed by atoms with Gasteiger partial charge in [0.25, 0.3) is 0 Å². The molecule has 19 heavy (non-hydrogen) atoms. The second-order valence-corrected chi connectivity index (χ2v) is 4.49. The maximum absolute atomic E-state index is 9.15. The van der Waals surface area contributed by atoms with Gasteiger partial charge >= 0.3 is 6.01 Å². The molecule has 7 nitrogen and oxygen atoms in total. The van der Waals surface area contributed by atoms with Gasteiger partial charge in [-0.1, -0.05) is 6.92 Å². The van der Waals surface area contributed by atoms with Crippen molar-refractivity contribution < 1.29 is 9.84 Å². The monoisotopic (exact) mass is 267 g/mol. The average molecular weight is 267 g/mol. The summed E-state index contributed by atoms with van der Waals surface area (Å²) in [6.45, 7) is 3.23. The third-order valence-electron chi connectivity index (χ3n) is 2.85. The molecule has 2 rings (SSSR count). The summed E-state index contributed by atoms with van der Waals surface area (Å²) in [5, 5.41) is 12.1. The van der Waals surface area contributed by atoms with Crippen molar-refractivity contribution in [1.29, 1.82) is 0 Å². The Morgan fingerprint density at radius 3 is 2.74 bits per heavy atom. The first-order chi connectivity index (χ1) is 9.28. The number of aliphatic hydroxyl groups excluding tert-OH is 1. The lowest BCUT2D eigenvalue weighted by Crippen LogP contribution is -2.31. The van der Waals surface area contributed by atoms with Gasteiger partial charge in [0, 0.05) is 19.6 Å². The molecule has 0 saturated heterocycles. The van der Waals surface area contributed by atoms with E-state index in [1.54, 1.807) is 7.05 Å². The maximum Gasteiger partial charge on any atom is 0.323 e. The maximum atomic E-state index is 9.15. The Morgan fingerprint density at radius 2 is 2.16 bits per heavy atom. The molecule has 1 aliphatic carbocycles. The number of hydrogen-bond donors (Lipinski definition) is 2. The molecule has 1 aromatic heterocycles. The molecular formula is C12H21N5O2. The first kappa shape index (κ1) is 13.8. The summed E-state index contributed by atoms with van der Waals surface area (Å²) in [6.07, 6.45) is 3.14. The van der Waals surface area contributed by atoms with Gasteiger partial charge in [0.1, 0.15) is 0 Å². The molecule has 7 heteroatoms. The van der Waals surface area contributed by atoms with E-state index in [1.807, 2.05) is 11.8 Å². The van der Waals surface area contributed by atoms with Crippen LogP contribution in [0.5, 0.6) is 6.01 Å². The van der Waals surface area contributed by atoms with Crippen molar-refractivity contribution in [3.8, 4) is 6.01 Å². The summed E-state index contributed by atoms with van der Waals surface area (Å²) in [7, 11) is 1.76. The van der Waals surface area contributed by atoms with E-state index in [0.717, 1.165) is 19.3 Å². The number of anilines is 2. The number of aromatic nitrogens is 3. The molecule has 1 aliphatic rings. The molecular weight excluding hydrogens is 246 g/mol. The zero-order valence-electron chi connectivity index (χ0n) is 11.5. The van der Waals surface area contributed by atoms with Crippen molar-refractivity contribution in [3.05, 3.63) is 0 Å². The Labute approximate surface area is 113 Å². The minimum atomic E-state index is 0.0855. The number of hydrogen-bond acceptors (Lipinski definition) is 7. The lowest BCUT2D eigenvalue weighted by Gasteiger charge is -2.21. The number of rotatable bonds is 8. The van der Waals surface area contributed by atoms with Crippen LogP contribution < -0.4 is 15.0 Å². The molecule has 0 aromatic carbocycles. The summed E-state index contributed by atoms with van der Waals surface area (Å²) in [4.78, 5) is 14.9. The summed E-state index contributed by atoms with van der Waals surface area (Å²) < 4.78 is 5.48. The Hall–Kier alpha value is -1.63. The van der Waals surface area contributed by atoms with E-state index in [4.69, 9.17) is 9.84 Å². The highest BCUT2D eigenvalue weighted by molar-refractivity contribution is 5.40. The third-order valence-corrected chi connectivity index (χ3v) is 2.85. The second kappa shape index (κ2) is 6.51. The van der Waals surface area contributed by atoms with Crippen molar-refractivity contribution in [2.24, 2.45) is 0 Å². The lowest BCUT2D eigenvalue weighted by molar-refractivity contribution is 0.289. The minimum Gasteiger partial charge on any atom is -0.463 e. The van der Waals surface area contributed by atoms with Gasteiger partial charge in [-0.05, 0) is 19.3 Å². The largest absolute Gasteiger partial charge is 0.463 e. The normalized spacial score (nSPS) is 14.3. The second-order valence-electron chi connectivity index (χ2n) is 4.49. The molecule has 0 radical (unpaired) electrons. The van der Waals surface area contributed by atoms with E-state index >= 15 is 0 Å². The fourth-order valence-corrected chi connectivity index (χ4v) is 1.78. The first-order valence-corrected chi connectivity index (χ1v) is 6.72. The van der Waals surface area contributed by atoms with Gasteiger partial charge in [0.2, 0.25) is 11.9 Å². The predicted octanol–water partition coefficient (Wildman–Crippen LogP) is 0.663. The zero-order chi connectivity index (χ0) is 13.7. The van der Waals surface area contributed by atoms with Gasteiger partial charge in [-0.25, -0.2) is 0 Å². The van der Waals surface area contributed by atoms with E-state index in [2.05, 4.69) is 20.3 Å². The first-order valence-electron chi connectivity index (χ1n) is 6.72. The van der Waals surface area contributed by atoms with Crippen LogP contribution in [0.1, 0.15) is 26.2 Å². The van der Waals surface area contributed by atoms with Crippen LogP contribution in [0.15, 0.2) is 0 Å². The molecule has 1 heterocycles. The van der Waals surface area contributed by atoms with Crippen LogP contribution in [0.3, 0.4) is 0 Å². The molecule has 1 fully saturated rings. The Bertz CT molecular complexity index is 411. The highest BCUT2D eigenvalue weighted by Crippen LogP contribution is 2.30. The van der Waals surface area contributed by atoms with E-state index < -0.39 is 0 Å². The highest BCUT2D eigenvalue weighted by atomic mass is 16.5. The molecule has 1 aromatic rings. The predicted molar refractivity (Wildman–Crippen MR) is 72.6 cm³/mol. The lowest BCUT2D eigenvalue weighted by atomic mass is 10.5. The van der Waals surface area contributed by atoms with Crippen molar-refractivity contribution >= 4 is 11.9 Å². The standard InChI is InChI=1S/C12H21N5O2/c1-3-8-19-12-15-10(13-2)14-11(16-12)17(6-7-18)9-4-5-9/h9,18H,3-8H2,1-2H3,(H,13,14,15,16). The van der Waals surface area contributed by atoms with Crippen LogP contribution in [0.4, 0.5) is 11.9 Å². The quantitative estimate of drug-likeness (QED) is 0.716. The number of ether oxygens (including phenoxy) is 1. The third kappa shape index (κ3) is 3.66. The Kier molecular flexibility index (Phi) is 4.73. The molecule has 106 valence electrons. The van der Waals surface area contributed by atoms with Gasteiger partial charge in [0.15, 0.2) is 0 Å². The van der Waals surface area contributed by atoms with Crippen LogP contribution in [0, 0.1) is 0 Å². The minimum absolute atomic E-state index is 0.0855. The van der Waals surface area contributed by atoms with Gasteiger partial charge in [-0.15, -0.1) is 0 Å². The highest BCUT2D eigenvalue weighted by Gasteiger charge is 2.31. The summed E-state index contributed by atoms with van der Waals surface area (Å²) in [6, 6.07) is 0.762. The van der Waals surface area contributed by atoms with Crippen molar-refractivity contribution in [2.45, 2.75) is 32.2 Å². The van der Waals surface area contributed by atoms with Crippen LogP contribution in [-0.2, 0) is 0 Å². The smallest absolute Gasteiger partial charge is 0.323 e. The number of aliphatic hydroxyl groups is 1. The van der Waals surface area contributed by atoms with Gasteiger partial charge in [0.05, 0.1) is 13.2 Å². The zero-order valence-corrected chi connectivity index (χ0v) is 11.5. The van der Waals surface area contributed by atoms with E-state index in [-0.39, 0.29) is 6.61 Å². The topological polar surface area (TPSA) is 83.4 Å².